The van der Waals surface area contributed by atoms with Crippen LogP contribution in [0.1, 0.15) is 22.7 Å². The van der Waals surface area contributed by atoms with E-state index in [1.807, 2.05) is 78.9 Å². The lowest BCUT2D eigenvalue weighted by Crippen LogP contribution is -2.36. The first-order chi connectivity index (χ1) is 17.5. The van der Waals surface area contributed by atoms with E-state index < -0.39 is 5.97 Å². The van der Waals surface area contributed by atoms with E-state index in [1.165, 1.54) is 18.4 Å². The molecule has 1 aliphatic heterocycles. The van der Waals surface area contributed by atoms with E-state index in [0.717, 1.165) is 26.9 Å². The van der Waals surface area contributed by atoms with Crippen molar-refractivity contribution >= 4 is 45.0 Å². The molecular weight excluding hydrogens is 540 g/mol. The highest BCUT2D eigenvalue weighted by Gasteiger charge is 2.22. The Kier molecular flexibility index (Phi) is 6.97. The van der Waals surface area contributed by atoms with Crippen LogP contribution in [0.2, 0.25) is 0 Å². The molecule has 36 heavy (non-hydrogen) atoms. The van der Waals surface area contributed by atoms with Gasteiger partial charge in [-0.1, -0.05) is 81.9 Å². The van der Waals surface area contributed by atoms with E-state index in [9.17, 15) is 9.59 Å². The average Bonchev–Trinajstić information content (AvgIpc) is 3.22. The molecule has 180 valence electrons. The molecule has 8 heteroatoms. The minimum atomic E-state index is -0.462. The van der Waals surface area contributed by atoms with Crippen LogP contribution >= 0.6 is 27.3 Å². The molecule has 3 aromatic carbocycles. The van der Waals surface area contributed by atoms with Gasteiger partial charge in [-0.3, -0.25) is 9.36 Å². The third kappa shape index (κ3) is 5.10. The molecule has 0 amide bonds. The van der Waals surface area contributed by atoms with Crippen LogP contribution in [0.4, 0.5) is 0 Å². The van der Waals surface area contributed by atoms with Crippen molar-refractivity contribution in [2.24, 2.45) is 4.99 Å². The lowest BCUT2D eigenvalue weighted by atomic mass is 10.0. The van der Waals surface area contributed by atoms with Crippen LogP contribution in [0.25, 0.3) is 11.8 Å². The van der Waals surface area contributed by atoms with Crippen LogP contribution in [0.15, 0.2) is 99.2 Å². The molecule has 2 heterocycles. The van der Waals surface area contributed by atoms with Gasteiger partial charge in [0.1, 0.15) is 5.75 Å². The van der Waals surface area contributed by atoms with E-state index >= 15 is 0 Å². The van der Waals surface area contributed by atoms with Crippen LogP contribution in [0.5, 0.6) is 5.75 Å². The molecule has 0 spiro atoms. The minimum absolute atomic E-state index is 0.115. The first kappa shape index (κ1) is 24.0. The Balaban J connectivity index is 1.60. The number of ether oxygens (including phenoxy) is 2. The van der Waals surface area contributed by atoms with Gasteiger partial charge in [0.15, 0.2) is 11.4 Å². The quantitative estimate of drug-likeness (QED) is 0.329. The van der Waals surface area contributed by atoms with E-state index in [2.05, 4.69) is 20.7 Å². The zero-order chi connectivity index (χ0) is 25.1. The Labute approximate surface area is 219 Å². The Hall–Kier alpha value is -3.75. The maximum absolute atomic E-state index is 13.6. The summed E-state index contributed by atoms with van der Waals surface area (Å²) in [4.78, 5) is 30.5. The van der Waals surface area contributed by atoms with E-state index in [-0.39, 0.29) is 18.2 Å². The summed E-state index contributed by atoms with van der Waals surface area (Å²) >= 11 is 4.84. The summed E-state index contributed by atoms with van der Waals surface area (Å²) < 4.78 is 13.4. The SMILES string of the molecule is COC(=O)COc1cccc(C=c2sc3n(c2=O)C(c2ccc(Br)cc2)C=C(c2ccccc2)N=3)c1. The molecule has 1 unspecified atom stereocenters. The first-order valence-corrected chi connectivity index (χ1v) is 12.8. The molecule has 0 aliphatic carbocycles. The van der Waals surface area contributed by atoms with Gasteiger partial charge in [-0.25, -0.2) is 9.79 Å². The fourth-order valence-electron chi connectivity index (χ4n) is 3.90. The van der Waals surface area contributed by atoms with Crippen molar-refractivity contribution in [3.05, 3.63) is 126 Å². The van der Waals surface area contributed by atoms with Crippen LogP contribution < -0.4 is 19.6 Å². The van der Waals surface area contributed by atoms with Gasteiger partial charge in [0, 0.05) is 4.47 Å². The lowest BCUT2D eigenvalue weighted by molar-refractivity contribution is -0.142. The number of allylic oxidation sites excluding steroid dienone is 1. The van der Waals surface area contributed by atoms with Gasteiger partial charge >= 0.3 is 5.97 Å². The molecule has 0 radical (unpaired) electrons. The van der Waals surface area contributed by atoms with Gasteiger partial charge < -0.3 is 9.47 Å². The van der Waals surface area contributed by atoms with Gasteiger partial charge in [-0.2, -0.15) is 0 Å². The predicted octanol–water partition coefficient (Wildman–Crippen LogP) is 4.32. The smallest absolute Gasteiger partial charge is 0.343 e. The number of carbonyl (C=O) groups is 1. The van der Waals surface area contributed by atoms with Crippen molar-refractivity contribution in [2.75, 3.05) is 13.7 Å². The number of methoxy groups -OCH3 is 1. The number of fused-ring (bicyclic) bond motifs is 1. The first-order valence-electron chi connectivity index (χ1n) is 11.2. The van der Waals surface area contributed by atoms with Gasteiger partial charge in [0.2, 0.25) is 0 Å². The number of hydrogen-bond donors (Lipinski definition) is 0. The highest BCUT2D eigenvalue weighted by atomic mass is 79.9. The normalized spacial score (nSPS) is 15.0. The van der Waals surface area contributed by atoms with Gasteiger partial charge in [-0.15, -0.1) is 0 Å². The summed E-state index contributed by atoms with van der Waals surface area (Å²) in [5, 5.41) is 0. The summed E-state index contributed by atoms with van der Waals surface area (Å²) in [7, 11) is 1.31. The van der Waals surface area contributed by atoms with Crippen molar-refractivity contribution in [2.45, 2.75) is 6.04 Å². The fourth-order valence-corrected chi connectivity index (χ4v) is 5.18. The Morgan fingerprint density at radius 3 is 2.61 bits per heavy atom. The number of benzene rings is 3. The maximum Gasteiger partial charge on any atom is 0.343 e. The zero-order valence-electron chi connectivity index (χ0n) is 19.3. The number of carbonyl (C=O) groups excluding carboxylic acids is 1. The summed E-state index contributed by atoms with van der Waals surface area (Å²) in [5.41, 5.74) is 3.48. The van der Waals surface area contributed by atoms with Gasteiger partial charge in [-0.05, 0) is 53.1 Å². The van der Waals surface area contributed by atoms with Crippen molar-refractivity contribution in [3.63, 3.8) is 0 Å². The minimum Gasteiger partial charge on any atom is -0.482 e. The second-order valence-corrected chi connectivity index (χ2v) is 9.96. The molecule has 1 aromatic heterocycles. The fraction of sp³-hybridized carbons (Fsp3) is 0.107. The van der Waals surface area contributed by atoms with Crippen molar-refractivity contribution in [3.8, 4) is 5.75 Å². The molecule has 5 rings (SSSR count). The van der Waals surface area contributed by atoms with Crippen LogP contribution in [-0.2, 0) is 9.53 Å². The zero-order valence-corrected chi connectivity index (χ0v) is 21.7. The second kappa shape index (κ2) is 10.5. The Bertz CT molecular complexity index is 1620. The summed E-state index contributed by atoms with van der Waals surface area (Å²) in [6.45, 7) is -0.183. The third-order valence-electron chi connectivity index (χ3n) is 5.67. The number of hydrogen-bond acceptors (Lipinski definition) is 6. The van der Waals surface area contributed by atoms with Gasteiger partial charge in [0.05, 0.1) is 23.4 Å². The second-order valence-electron chi connectivity index (χ2n) is 8.03. The molecule has 6 nitrogen and oxygen atoms in total. The number of aromatic nitrogens is 1. The van der Waals surface area contributed by atoms with Crippen molar-refractivity contribution in [1.29, 1.82) is 0 Å². The maximum atomic E-state index is 13.6. The van der Waals surface area contributed by atoms with Crippen molar-refractivity contribution < 1.29 is 14.3 Å². The number of rotatable bonds is 6. The summed E-state index contributed by atoms with van der Waals surface area (Å²) in [5.74, 6) is 0.0527. The molecule has 0 saturated heterocycles. The number of esters is 1. The molecule has 1 aliphatic rings. The number of thiazole rings is 1. The van der Waals surface area contributed by atoms with Crippen LogP contribution in [0.3, 0.4) is 0 Å². The Morgan fingerprint density at radius 1 is 1.08 bits per heavy atom. The third-order valence-corrected chi connectivity index (χ3v) is 7.18. The van der Waals surface area contributed by atoms with Gasteiger partial charge in [0.25, 0.3) is 5.56 Å². The Morgan fingerprint density at radius 2 is 1.86 bits per heavy atom. The average molecular weight is 561 g/mol. The molecular formula is C28H21BrN2O4S. The van der Waals surface area contributed by atoms with E-state index in [1.54, 1.807) is 16.7 Å². The monoisotopic (exact) mass is 560 g/mol. The topological polar surface area (TPSA) is 69.9 Å². The van der Waals surface area contributed by atoms with Crippen LogP contribution in [0, 0.1) is 0 Å². The highest BCUT2D eigenvalue weighted by molar-refractivity contribution is 9.10. The highest BCUT2D eigenvalue weighted by Crippen LogP contribution is 2.27. The predicted molar refractivity (Wildman–Crippen MR) is 144 cm³/mol. The lowest BCUT2D eigenvalue weighted by Gasteiger charge is -2.19. The molecule has 0 N–H and O–H groups in total. The van der Waals surface area contributed by atoms with Crippen LogP contribution in [-0.4, -0.2) is 24.3 Å². The van der Waals surface area contributed by atoms with E-state index in [0.29, 0.717) is 15.1 Å². The van der Waals surface area contributed by atoms with Crippen molar-refractivity contribution in [1.82, 2.24) is 4.57 Å². The molecule has 4 aromatic rings. The van der Waals surface area contributed by atoms with E-state index in [4.69, 9.17) is 9.73 Å². The summed E-state index contributed by atoms with van der Waals surface area (Å²) in [6, 6.07) is 24.9. The molecule has 0 saturated carbocycles. The molecule has 1 atom stereocenters. The standard InChI is InChI=1S/C28H21BrN2O4S/c1-34-26(32)17-35-22-9-5-6-18(14-22)15-25-27(33)31-24(20-10-12-21(29)13-11-20)16-23(30-28(31)36-25)19-7-3-2-4-8-19/h2-16,24H,17H2,1H3. The molecule has 0 fully saturated rings. The largest absolute Gasteiger partial charge is 0.482 e. The number of nitrogens with zero attached hydrogens (tertiary/aromatic N) is 2. The molecule has 0 bridgehead atoms. The summed E-state index contributed by atoms with van der Waals surface area (Å²) in [6.07, 6.45) is 3.85. The number of halogens is 1.